The molecule has 2 aromatic carbocycles. The first-order chi connectivity index (χ1) is 14.5. The van der Waals surface area contributed by atoms with Gasteiger partial charge in [0.15, 0.2) is 11.5 Å². The van der Waals surface area contributed by atoms with E-state index in [1.807, 2.05) is 31.1 Å². The highest BCUT2D eigenvalue weighted by Crippen LogP contribution is 2.28. The first-order valence-corrected chi connectivity index (χ1v) is 9.02. The number of hydrogen-bond acceptors (Lipinski definition) is 7. The molecule has 3 aromatic rings. The maximum Gasteiger partial charge on any atom is 0.379 e. The Labute approximate surface area is 173 Å². The molecule has 0 aliphatic heterocycles. The Bertz CT molecular complexity index is 1040. The number of carbonyl (C=O) groups is 2. The summed E-state index contributed by atoms with van der Waals surface area (Å²) in [5.74, 6) is -0.297. The molecular formula is C22H21N3O5. The van der Waals surface area contributed by atoms with Gasteiger partial charge in [-0.1, -0.05) is 0 Å². The number of nitrogens with one attached hydrogen (secondary N) is 1. The number of hydrogen-bond donors (Lipinski definition) is 1. The smallest absolute Gasteiger partial charge is 0.379 e. The van der Waals surface area contributed by atoms with E-state index in [0.29, 0.717) is 16.9 Å². The first-order valence-electron chi connectivity index (χ1n) is 9.02. The van der Waals surface area contributed by atoms with Gasteiger partial charge in [-0.3, -0.25) is 4.79 Å². The van der Waals surface area contributed by atoms with Gasteiger partial charge >= 0.3 is 5.97 Å². The highest BCUT2D eigenvalue weighted by molar-refractivity contribution is 5.95. The third kappa shape index (κ3) is 5.05. The molecule has 0 atom stereocenters. The Morgan fingerprint density at radius 1 is 1.07 bits per heavy atom. The highest BCUT2D eigenvalue weighted by Gasteiger charge is 2.15. The number of hydrazone groups is 1. The molecule has 1 heterocycles. The summed E-state index contributed by atoms with van der Waals surface area (Å²) >= 11 is 0. The lowest BCUT2D eigenvalue weighted by molar-refractivity contribution is 0.0696. The number of rotatable bonds is 7. The van der Waals surface area contributed by atoms with Gasteiger partial charge in [-0.2, -0.15) is 5.10 Å². The lowest BCUT2D eigenvalue weighted by atomic mass is 10.2. The number of anilines is 1. The molecule has 8 heteroatoms. The second-order valence-corrected chi connectivity index (χ2v) is 6.42. The van der Waals surface area contributed by atoms with Gasteiger partial charge in [0.1, 0.15) is 0 Å². The van der Waals surface area contributed by atoms with Crippen molar-refractivity contribution in [2.45, 2.75) is 0 Å². The van der Waals surface area contributed by atoms with Gasteiger partial charge in [-0.15, -0.1) is 0 Å². The van der Waals surface area contributed by atoms with Gasteiger partial charge in [-0.05, 0) is 60.2 Å². The van der Waals surface area contributed by atoms with Crippen molar-refractivity contribution in [3.8, 4) is 11.5 Å². The van der Waals surface area contributed by atoms with Crippen molar-refractivity contribution < 1.29 is 23.5 Å². The maximum atomic E-state index is 12.2. The van der Waals surface area contributed by atoms with Gasteiger partial charge in [0.05, 0.1) is 19.6 Å². The minimum Gasteiger partial charge on any atom is -0.493 e. The zero-order valence-corrected chi connectivity index (χ0v) is 16.8. The summed E-state index contributed by atoms with van der Waals surface area (Å²) in [6, 6.07) is 15.1. The molecule has 0 saturated carbocycles. The molecule has 1 aromatic heterocycles. The van der Waals surface area contributed by atoms with Crippen LogP contribution in [0.5, 0.6) is 11.5 Å². The molecule has 0 radical (unpaired) electrons. The number of carbonyl (C=O) groups excluding carboxylic acids is 2. The van der Waals surface area contributed by atoms with Crippen molar-refractivity contribution in [3.63, 3.8) is 0 Å². The minimum absolute atomic E-state index is 0.0871. The number of methoxy groups -OCH3 is 1. The summed E-state index contributed by atoms with van der Waals surface area (Å²) in [6.07, 6.45) is 2.85. The minimum atomic E-state index is -0.632. The van der Waals surface area contributed by atoms with Crippen molar-refractivity contribution in [1.29, 1.82) is 0 Å². The number of furan rings is 1. The second-order valence-electron chi connectivity index (χ2n) is 6.42. The topological polar surface area (TPSA) is 93.4 Å². The summed E-state index contributed by atoms with van der Waals surface area (Å²) in [5.41, 5.74) is 4.61. The summed E-state index contributed by atoms with van der Waals surface area (Å²) in [7, 11) is 5.31. The molecular weight excluding hydrogens is 386 g/mol. The molecule has 0 spiro atoms. The van der Waals surface area contributed by atoms with E-state index in [1.54, 1.807) is 36.4 Å². The van der Waals surface area contributed by atoms with Crippen LogP contribution in [0, 0.1) is 0 Å². The summed E-state index contributed by atoms with van der Waals surface area (Å²) in [5, 5.41) is 3.97. The van der Waals surface area contributed by atoms with Gasteiger partial charge in [0, 0.05) is 25.3 Å². The Balaban J connectivity index is 1.64. The Morgan fingerprint density at radius 2 is 1.83 bits per heavy atom. The normalized spacial score (nSPS) is 10.6. The van der Waals surface area contributed by atoms with Crippen LogP contribution in [-0.2, 0) is 0 Å². The van der Waals surface area contributed by atoms with E-state index in [1.165, 1.54) is 25.7 Å². The van der Waals surface area contributed by atoms with Crippen molar-refractivity contribution in [2.75, 3.05) is 26.1 Å². The molecule has 3 rings (SSSR count). The van der Waals surface area contributed by atoms with E-state index in [2.05, 4.69) is 10.5 Å². The maximum absolute atomic E-state index is 12.2. The van der Waals surface area contributed by atoms with Crippen LogP contribution >= 0.6 is 0 Å². The molecule has 0 bridgehead atoms. The Morgan fingerprint density at radius 3 is 2.47 bits per heavy atom. The predicted molar refractivity (Wildman–Crippen MR) is 112 cm³/mol. The van der Waals surface area contributed by atoms with Crippen molar-refractivity contribution >= 4 is 23.8 Å². The molecule has 8 nitrogen and oxygen atoms in total. The van der Waals surface area contributed by atoms with E-state index in [4.69, 9.17) is 13.9 Å². The van der Waals surface area contributed by atoms with Crippen LogP contribution in [0.2, 0.25) is 0 Å². The van der Waals surface area contributed by atoms with Crippen LogP contribution in [-0.4, -0.2) is 39.3 Å². The highest BCUT2D eigenvalue weighted by atomic mass is 16.6. The molecule has 1 N–H and O–H groups in total. The predicted octanol–water partition coefficient (Wildman–Crippen LogP) is 3.34. The Hall–Kier alpha value is -4.07. The number of amides is 1. The van der Waals surface area contributed by atoms with E-state index >= 15 is 0 Å². The first kappa shape index (κ1) is 20.7. The molecule has 1 amide bonds. The molecule has 0 unspecified atom stereocenters. The fraction of sp³-hybridized carbons (Fsp3) is 0.136. The number of benzene rings is 2. The van der Waals surface area contributed by atoms with Gasteiger partial charge < -0.3 is 18.8 Å². The monoisotopic (exact) mass is 407 g/mol. The summed E-state index contributed by atoms with van der Waals surface area (Å²) in [6.45, 7) is 0. The van der Waals surface area contributed by atoms with E-state index in [-0.39, 0.29) is 17.4 Å². The fourth-order valence-electron chi connectivity index (χ4n) is 2.53. The number of nitrogens with zero attached hydrogens (tertiary/aromatic N) is 2. The van der Waals surface area contributed by atoms with Crippen LogP contribution in [0.25, 0.3) is 0 Å². The quantitative estimate of drug-likeness (QED) is 0.279. The molecule has 30 heavy (non-hydrogen) atoms. The van der Waals surface area contributed by atoms with Crippen LogP contribution in [0.1, 0.15) is 26.5 Å². The van der Waals surface area contributed by atoms with Crippen LogP contribution in [0.4, 0.5) is 5.69 Å². The van der Waals surface area contributed by atoms with E-state index in [0.717, 1.165) is 5.69 Å². The molecule has 0 saturated heterocycles. The Kier molecular flexibility index (Phi) is 6.49. The van der Waals surface area contributed by atoms with Crippen molar-refractivity contribution in [1.82, 2.24) is 5.43 Å². The number of esters is 1. The number of ether oxygens (including phenoxy) is 2. The van der Waals surface area contributed by atoms with Gasteiger partial charge in [-0.25, -0.2) is 10.2 Å². The zero-order valence-electron chi connectivity index (χ0n) is 16.8. The largest absolute Gasteiger partial charge is 0.493 e. The van der Waals surface area contributed by atoms with E-state index < -0.39 is 5.97 Å². The van der Waals surface area contributed by atoms with Crippen molar-refractivity contribution in [3.05, 3.63) is 77.7 Å². The standard InChI is InChI=1S/C22H21N3O5/c1-25(2)17-9-7-16(8-10-17)21(26)24-23-14-15-6-11-18(20(13-15)28-3)30-22(27)19-5-4-12-29-19/h4-14H,1-3H3,(H,24,26)/b23-14-. The lowest BCUT2D eigenvalue weighted by Crippen LogP contribution is -2.18. The lowest BCUT2D eigenvalue weighted by Gasteiger charge is -2.12. The average molecular weight is 407 g/mol. The summed E-state index contributed by atoms with van der Waals surface area (Å²) in [4.78, 5) is 26.2. The van der Waals surface area contributed by atoms with Crippen LogP contribution in [0.15, 0.2) is 70.4 Å². The molecule has 0 aliphatic rings. The van der Waals surface area contributed by atoms with E-state index in [9.17, 15) is 9.59 Å². The van der Waals surface area contributed by atoms with Crippen LogP contribution < -0.4 is 19.8 Å². The molecule has 0 aliphatic carbocycles. The van der Waals surface area contributed by atoms with Gasteiger partial charge in [0.2, 0.25) is 5.76 Å². The average Bonchev–Trinajstić information content (AvgIpc) is 3.29. The summed E-state index contributed by atoms with van der Waals surface area (Å²) < 4.78 is 15.6. The zero-order chi connectivity index (χ0) is 21.5. The SMILES string of the molecule is COc1cc(/C=N\NC(=O)c2ccc(N(C)C)cc2)ccc1OC(=O)c1ccco1. The van der Waals surface area contributed by atoms with Crippen molar-refractivity contribution in [2.24, 2.45) is 5.10 Å². The van der Waals surface area contributed by atoms with Crippen LogP contribution in [0.3, 0.4) is 0 Å². The third-order valence-corrected chi connectivity index (χ3v) is 4.14. The molecule has 0 fully saturated rings. The third-order valence-electron chi connectivity index (χ3n) is 4.14. The second kappa shape index (κ2) is 9.42. The van der Waals surface area contributed by atoms with Gasteiger partial charge in [0.25, 0.3) is 5.91 Å². The fourth-order valence-corrected chi connectivity index (χ4v) is 2.53. The molecule has 154 valence electrons.